The molecule has 5 heteroatoms. The van der Waals surface area contributed by atoms with E-state index >= 15 is 0 Å². The molecule has 1 amide bonds. The van der Waals surface area contributed by atoms with Gasteiger partial charge in [0.1, 0.15) is 0 Å². The van der Waals surface area contributed by atoms with Crippen LogP contribution in [0.3, 0.4) is 0 Å². The quantitative estimate of drug-likeness (QED) is 0.798. The van der Waals surface area contributed by atoms with Crippen molar-refractivity contribution in [2.24, 2.45) is 0 Å². The molecule has 1 aliphatic heterocycles. The van der Waals surface area contributed by atoms with Gasteiger partial charge >= 0.3 is 0 Å². The monoisotopic (exact) mass is 236 g/mol. The number of nitrogens with zero attached hydrogens (tertiary/aromatic N) is 2. The first-order chi connectivity index (χ1) is 8.10. The number of rotatable bonds is 4. The normalized spacial score (nSPS) is 23.9. The van der Waals surface area contributed by atoms with E-state index in [0.29, 0.717) is 6.54 Å². The van der Waals surface area contributed by atoms with E-state index in [0.717, 1.165) is 31.5 Å². The number of carbonyl (C=O) groups excluding carboxylic acids is 1. The number of hydrogen-bond acceptors (Lipinski definition) is 3. The molecule has 0 radical (unpaired) electrons. The maximum Gasteiger partial charge on any atom is 0.240 e. The number of hydrogen-bond donors (Lipinski definition) is 2. The fraction of sp³-hybridized carbons (Fsp3) is 0.667. The van der Waals surface area contributed by atoms with Crippen LogP contribution in [0.2, 0.25) is 0 Å². The second-order valence-corrected chi connectivity index (χ2v) is 4.90. The number of carbonyl (C=O) groups is 1. The minimum absolute atomic E-state index is 0.0962. The average molecular weight is 236 g/mol. The smallest absolute Gasteiger partial charge is 0.240 e. The summed E-state index contributed by atoms with van der Waals surface area (Å²) in [5.74, 6) is 0.0962. The number of nitrogens with one attached hydrogen (secondary N) is 2. The van der Waals surface area contributed by atoms with Gasteiger partial charge in [-0.25, -0.2) is 0 Å². The van der Waals surface area contributed by atoms with Gasteiger partial charge in [0.2, 0.25) is 5.91 Å². The zero-order valence-corrected chi connectivity index (χ0v) is 10.5. The molecule has 5 nitrogen and oxygen atoms in total. The standard InChI is InChI=1S/C12H20N4O/c1-10-8-15-16(9-10)7-6-13-11(17)12(2)4-3-5-14-12/h8-9,14H,3-7H2,1-2H3,(H,13,17). The van der Waals surface area contributed by atoms with Crippen LogP contribution < -0.4 is 10.6 Å². The Kier molecular flexibility index (Phi) is 3.47. The van der Waals surface area contributed by atoms with E-state index in [4.69, 9.17) is 0 Å². The molecule has 0 bridgehead atoms. The van der Waals surface area contributed by atoms with Gasteiger partial charge in [0.05, 0.1) is 18.3 Å². The lowest BCUT2D eigenvalue weighted by atomic mass is 9.99. The van der Waals surface area contributed by atoms with E-state index in [1.807, 2.05) is 30.9 Å². The minimum Gasteiger partial charge on any atom is -0.353 e. The van der Waals surface area contributed by atoms with Gasteiger partial charge < -0.3 is 10.6 Å². The van der Waals surface area contributed by atoms with Gasteiger partial charge in [-0.3, -0.25) is 9.48 Å². The minimum atomic E-state index is -0.375. The van der Waals surface area contributed by atoms with E-state index < -0.39 is 0 Å². The van der Waals surface area contributed by atoms with Crippen molar-refractivity contribution in [2.45, 2.75) is 38.8 Å². The molecule has 1 unspecified atom stereocenters. The Morgan fingerprint density at radius 3 is 3.12 bits per heavy atom. The summed E-state index contributed by atoms with van der Waals surface area (Å²) in [5, 5.41) is 10.4. The Labute approximate surface area is 102 Å². The maximum atomic E-state index is 12.0. The molecule has 0 aromatic carbocycles. The van der Waals surface area contributed by atoms with Crippen LogP contribution in [-0.2, 0) is 11.3 Å². The van der Waals surface area contributed by atoms with Crippen LogP contribution in [0, 0.1) is 6.92 Å². The van der Waals surface area contributed by atoms with Crippen molar-refractivity contribution in [3.05, 3.63) is 18.0 Å². The van der Waals surface area contributed by atoms with Crippen LogP contribution in [0.5, 0.6) is 0 Å². The van der Waals surface area contributed by atoms with Crippen LogP contribution in [0.15, 0.2) is 12.4 Å². The van der Waals surface area contributed by atoms with Crippen molar-refractivity contribution in [3.8, 4) is 0 Å². The number of aromatic nitrogens is 2. The molecule has 1 aliphatic rings. The third-order valence-corrected chi connectivity index (χ3v) is 3.26. The summed E-state index contributed by atoms with van der Waals surface area (Å²) in [5.41, 5.74) is 0.765. The Bertz CT molecular complexity index is 393. The van der Waals surface area contributed by atoms with Crippen molar-refractivity contribution in [2.75, 3.05) is 13.1 Å². The largest absolute Gasteiger partial charge is 0.353 e. The highest BCUT2D eigenvalue weighted by atomic mass is 16.2. The molecule has 17 heavy (non-hydrogen) atoms. The van der Waals surface area contributed by atoms with E-state index in [1.165, 1.54) is 0 Å². The molecule has 2 rings (SSSR count). The molecular weight excluding hydrogens is 216 g/mol. The summed E-state index contributed by atoms with van der Waals surface area (Å²) in [4.78, 5) is 12.0. The Morgan fingerprint density at radius 2 is 2.53 bits per heavy atom. The maximum absolute atomic E-state index is 12.0. The number of amides is 1. The zero-order valence-electron chi connectivity index (χ0n) is 10.5. The second kappa shape index (κ2) is 4.87. The molecule has 1 aromatic heterocycles. The van der Waals surface area contributed by atoms with Crippen LogP contribution in [-0.4, -0.2) is 34.3 Å². The second-order valence-electron chi connectivity index (χ2n) is 4.90. The van der Waals surface area contributed by atoms with Crippen LogP contribution in [0.25, 0.3) is 0 Å². The van der Waals surface area contributed by atoms with E-state index in [2.05, 4.69) is 15.7 Å². The van der Waals surface area contributed by atoms with Gasteiger partial charge in [0, 0.05) is 12.7 Å². The lowest BCUT2D eigenvalue weighted by Crippen LogP contribution is -2.51. The molecule has 94 valence electrons. The van der Waals surface area contributed by atoms with Gasteiger partial charge in [-0.2, -0.15) is 5.10 Å². The first-order valence-electron chi connectivity index (χ1n) is 6.12. The van der Waals surface area contributed by atoms with Gasteiger partial charge in [-0.15, -0.1) is 0 Å². The summed E-state index contributed by atoms with van der Waals surface area (Å²) >= 11 is 0. The average Bonchev–Trinajstić information content (AvgIpc) is 2.89. The van der Waals surface area contributed by atoms with Crippen molar-refractivity contribution >= 4 is 5.91 Å². The van der Waals surface area contributed by atoms with Gasteiger partial charge in [0.25, 0.3) is 0 Å². The van der Waals surface area contributed by atoms with Crippen LogP contribution in [0.4, 0.5) is 0 Å². The molecule has 1 saturated heterocycles. The highest BCUT2D eigenvalue weighted by Gasteiger charge is 2.35. The summed E-state index contributed by atoms with van der Waals surface area (Å²) in [6, 6.07) is 0. The molecule has 1 fully saturated rings. The topological polar surface area (TPSA) is 59.0 Å². The van der Waals surface area contributed by atoms with E-state index in [9.17, 15) is 4.79 Å². The Balaban J connectivity index is 1.77. The predicted molar refractivity (Wildman–Crippen MR) is 65.6 cm³/mol. The predicted octanol–water partition coefficient (Wildman–Crippen LogP) is 0.450. The van der Waals surface area contributed by atoms with Gasteiger partial charge in [0.15, 0.2) is 0 Å². The molecule has 0 aliphatic carbocycles. The highest BCUT2D eigenvalue weighted by molar-refractivity contribution is 5.86. The summed E-state index contributed by atoms with van der Waals surface area (Å²) in [6.07, 6.45) is 5.78. The first kappa shape index (κ1) is 12.1. The third-order valence-electron chi connectivity index (χ3n) is 3.26. The van der Waals surface area contributed by atoms with E-state index in [1.54, 1.807) is 0 Å². The van der Waals surface area contributed by atoms with E-state index in [-0.39, 0.29) is 11.4 Å². The fourth-order valence-corrected chi connectivity index (χ4v) is 2.16. The lowest BCUT2D eigenvalue weighted by molar-refractivity contribution is -0.126. The van der Waals surface area contributed by atoms with Gasteiger partial charge in [-0.05, 0) is 38.8 Å². The van der Waals surface area contributed by atoms with Crippen molar-refractivity contribution in [3.63, 3.8) is 0 Å². The molecular formula is C12H20N4O. The van der Waals surface area contributed by atoms with Crippen molar-refractivity contribution in [1.29, 1.82) is 0 Å². The van der Waals surface area contributed by atoms with Crippen molar-refractivity contribution in [1.82, 2.24) is 20.4 Å². The molecule has 1 atom stereocenters. The third kappa shape index (κ3) is 2.85. The molecule has 2 N–H and O–H groups in total. The first-order valence-corrected chi connectivity index (χ1v) is 6.12. The number of aryl methyl sites for hydroxylation is 1. The molecule has 1 aromatic rings. The summed E-state index contributed by atoms with van der Waals surface area (Å²) in [7, 11) is 0. The van der Waals surface area contributed by atoms with Crippen LogP contribution >= 0.6 is 0 Å². The summed E-state index contributed by atoms with van der Waals surface area (Å²) < 4.78 is 1.85. The lowest BCUT2D eigenvalue weighted by Gasteiger charge is -2.22. The summed E-state index contributed by atoms with van der Waals surface area (Å²) in [6.45, 7) is 6.24. The van der Waals surface area contributed by atoms with Crippen LogP contribution in [0.1, 0.15) is 25.3 Å². The Hall–Kier alpha value is -1.36. The molecule has 0 spiro atoms. The SMILES string of the molecule is Cc1cnn(CCNC(=O)C2(C)CCCN2)c1. The zero-order chi connectivity index (χ0) is 12.3. The fourth-order valence-electron chi connectivity index (χ4n) is 2.16. The molecule has 2 heterocycles. The van der Waals surface area contributed by atoms with Crippen molar-refractivity contribution < 1.29 is 4.79 Å². The molecule has 0 saturated carbocycles. The van der Waals surface area contributed by atoms with Gasteiger partial charge in [-0.1, -0.05) is 0 Å². The highest BCUT2D eigenvalue weighted by Crippen LogP contribution is 2.18. The Morgan fingerprint density at radius 1 is 1.71 bits per heavy atom.